The van der Waals surface area contributed by atoms with Crippen molar-refractivity contribution in [1.82, 2.24) is 4.98 Å². The van der Waals surface area contributed by atoms with Crippen LogP contribution in [0.3, 0.4) is 0 Å². The lowest BCUT2D eigenvalue weighted by Gasteiger charge is -2.31. The van der Waals surface area contributed by atoms with Gasteiger partial charge < -0.3 is 0 Å². The Bertz CT molecular complexity index is 1250. The van der Waals surface area contributed by atoms with E-state index in [0.717, 1.165) is 52.5 Å². The molecule has 0 radical (unpaired) electrons. The maximum atomic E-state index is 13.5. The Balaban J connectivity index is 1.45. The van der Waals surface area contributed by atoms with Gasteiger partial charge in [0.2, 0.25) is 5.91 Å². The van der Waals surface area contributed by atoms with Crippen LogP contribution in [-0.4, -0.2) is 16.6 Å². The van der Waals surface area contributed by atoms with Gasteiger partial charge in [-0.15, -0.1) is 0 Å². The normalized spacial score (nSPS) is 14.6. The maximum Gasteiger partial charge on any atom is 0.242 e. The van der Waals surface area contributed by atoms with Crippen molar-refractivity contribution in [2.75, 3.05) is 10.7 Å². The summed E-state index contributed by atoms with van der Waals surface area (Å²) >= 11 is 9.25. The number of aromatic nitrogens is 1. The van der Waals surface area contributed by atoms with Crippen LogP contribution in [0.1, 0.15) is 36.1 Å². The van der Waals surface area contributed by atoms with Gasteiger partial charge in [-0.25, -0.2) is 4.98 Å². The van der Waals surface area contributed by atoms with Crippen LogP contribution in [0.15, 0.2) is 63.3 Å². The fourth-order valence-corrected chi connectivity index (χ4v) is 6.20. The molecule has 0 bridgehead atoms. The molecule has 0 unspecified atom stereocenters. The van der Waals surface area contributed by atoms with Crippen LogP contribution in [0.2, 0.25) is 5.02 Å². The van der Waals surface area contributed by atoms with E-state index >= 15 is 0 Å². The number of amides is 1. The Labute approximate surface area is 201 Å². The first-order valence-corrected chi connectivity index (χ1v) is 12.8. The Morgan fingerprint density at radius 3 is 2.78 bits per heavy atom. The van der Waals surface area contributed by atoms with Crippen LogP contribution >= 0.6 is 35.1 Å². The predicted octanol–water partition coefficient (Wildman–Crippen LogP) is 6.80. The molecule has 1 aliphatic carbocycles. The lowest BCUT2D eigenvalue weighted by molar-refractivity contribution is -0.115. The molecule has 160 valence electrons. The summed E-state index contributed by atoms with van der Waals surface area (Å²) in [5.41, 5.74) is 4.46. The van der Waals surface area contributed by atoms with Gasteiger partial charge in [-0.3, -0.25) is 9.69 Å². The van der Waals surface area contributed by atoms with Crippen LogP contribution in [0, 0.1) is 11.3 Å². The molecule has 2 aromatic carbocycles. The van der Waals surface area contributed by atoms with E-state index in [1.54, 1.807) is 16.7 Å². The number of halogens is 1. The van der Waals surface area contributed by atoms with Crippen molar-refractivity contribution < 1.29 is 4.79 Å². The number of carbonyl (C=O) groups is 1. The molecule has 7 heteroatoms. The van der Waals surface area contributed by atoms with Gasteiger partial charge in [0, 0.05) is 20.5 Å². The minimum atomic E-state index is -0.0631. The highest BCUT2D eigenvalue weighted by Crippen LogP contribution is 2.49. The second-order valence-electron chi connectivity index (χ2n) is 7.82. The third-order valence-electron chi connectivity index (χ3n) is 5.71. The molecule has 1 aliphatic heterocycles. The number of anilines is 2. The van der Waals surface area contributed by atoms with E-state index in [4.69, 9.17) is 16.6 Å². The molecule has 5 rings (SSSR count). The first-order chi connectivity index (χ1) is 15.6. The zero-order valence-corrected chi connectivity index (χ0v) is 19.7. The molecule has 2 heterocycles. The third-order valence-corrected chi connectivity index (χ3v) is 8.05. The van der Waals surface area contributed by atoms with Crippen molar-refractivity contribution in [3.05, 3.63) is 70.4 Å². The Kier molecular flexibility index (Phi) is 6.14. The van der Waals surface area contributed by atoms with E-state index in [2.05, 4.69) is 6.07 Å². The van der Waals surface area contributed by atoms with Crippen LogP contribution < -0.4 is 4.90 Å². The number of nitrogens with zero attached hydrogens (tertiary/aromatic N) is 3. The highest BCUT2D eigenvalue weighted by molar-refractivity contribution is 8.00. The van der Waals surface area contributed by atoms with E-state index in [0.29, 0.717) is 15.6 Å². The number of para-hydroxylation sites is 1. The SMILES string of the molecule is N#Cc1cc2c(nc1SCC(=O)N1c3ccccc3Sc3ccc(Cl)cc31)CCCCC2. The van der Waals surface area contributed by atoms with Gasteiger partial charge >= 0.3 is 0 Å². The summed E-state index contributed by atoms with van der Waals surface area (Å²) in [6, 6.07) is 17.8. The Morgan fingerprint density at radius 2 is 1.91 bits per heavy atom. The van der Waals surface area contributed by atoms with Gasteiger partial charge in [0.25, 0.3) is 0 Å². The summed E-state index contributed by atoms with van der Waals surface area (Å²) in [6.45, 7) is 0. The van der Waals surface area contributed by atoms with Gasteiger partial charge in [0.1, 0.15) is 11.1 Å². The number of thioether (sulfide) groups is 1. The number of fused-ring (bicyclic) bond motifs is 3. The van der Waals surface area contributed by atoms with Crippen molar-refractivity contribution in [3.8, 4) is 6.07 Å². The van der Waals surface area contributed by atoms with Crippen LogP contribution in [0.5, 0.6) is 0 Å². The minimum absolute atomic E-state index is 0.0631. The fourth-order valence-electron chi connectivity index (χ4n) is 4.17. The van der Waals surface area contributed by atoms with E-state index in [-0.39, 0.29) is 11.7 Å². The minimum Gasteiger partial charge on any atom is -0.278 e. The van der Waals surface area contributed by atoms with Crippen LogP contribution in [0.4, 0.5) is 11.4 Å². The summed E-state index contributed by atoms with van der Waals surface area (Å²) in [5, 5.41) is 10.9. The van der Waals surface area contributed by atoms with Gasteiger partial charge in [-0.05, 0) is 67.6 Å². The van der Waals surface area contributed by atoms with Crippen molar-refractivity contribution >= 4 is 52.4 Å². The molecule has 2 aliphatic rings. The molecular weight excluding hydrogens is 458 g/mol. The molecule has 1 amide bonds. The summed E-state index contributed by atoms with van der Waals surface area (Å²) in [4.78, 5) is 22.1. The molecule has 3 aromatic rings. The number of nitriles is 1. The number of aryl methyl sites for hydroxylation is 2. The monoisotopic (exact) mass is 477 g/mol. The highest BCUT2D eigenvalue weighted by atomic mass is 35.5. The van der Waals surface area contributed by atoms with E-state index < -0.39 is 0 Å². The summed E-state index contributed by atoms with van der Waals surface area (Å²) in [7, 11) is 0. The second kappa shape index (κ2) is 9.19. The molecule has 32 heavy (non-hydrogen) atoms. The average molecular weight is 478 g/mol. The maximum absolute atomic E-state index is 13.5. The molecule has 0 atom stereocenters. The number of hydrogen-bond donors (Lipinski definition) is 0. The van der Waals surface area contributed by atoms with Crippen molar-refractivity contribution in [1.29, 1.82) is 5.26 Å². The van der Waals surface area contributed by atoms with Crippen LogP contribution in [0.25, 0.3) is 0 Å². The van der Waals surface area contributed by atoms with Gasteiger partial charge in [-0.1, -0.05) is 53.7 Å². The predicted molar refractivity (Wildman–Crippen MR) is 130 cm³/mol. The van der Waals surface area contributed by atoms with E-state index in [1.807, 2.05) is 48.5 Å². The number of carbonyl (C=O) groups excluding carboxylic acids is 1. The zero-order chi connectivity index (χ0) is 22.1. The average Bonchev–Trinajstić information content (AvgIpc) is 3.05. The summed E-state index contributed by atoms with van der Waals surface area (Å²) < 4.78 is 0. The fraction of sp³-hybridized carbons (Fsp3) is 0.240. The molecular formula is C25H20ClN3OS2. The third kappa shape index (κ3) is 4.13. The summed E-state index contributed by atoms with van der Waals surface area (Å²) in [5.74, 6) is 0.123. The quantitative estimate of drug-likeness (QED) is 0.306. The van der Waals surface area contributed by atoms with E-state index in [1.165, 1.54) is 23.7 Å². The Hall–Kier alpha value is -2.46. The second-order valence-corrected chi connectivity index (χ2v) is 10.3. The highest BCUT2D eigenvalue weighted by Gasteiger charge is 2.28. The van der Waals surface area contributed by atoms with Crippen molar-refractivity contribution in [2.24, 2.45) is 0 Å². The number of rotatable bonds is 3. The first kappa shape index (κ1) is 21.4. The lowest BCUT2D eigenvalue weighted by Crippen LogP contribution is -2.30. The Morgan fingerprint density at radius 1 is 1.09 bits per heavy atom. The van der Waals surface area contributed by atoms with Crippen LogP contribution in [-0.2, 0) is 17.6 Å². The number of benzene rings is 2. The molecule has 0 fully saturated rings. The molecule has 0 saturated heterocycles. The first-order valence-electron chi connectivity index (χ1n) is 10.6. The van der Waals surface area contributed by atoms with Gasteiger partial charge in [-0.2, -0.15) is 5.26 Å². The molecule has 0 N–H and O–H groups in total. The number of hydrogen-bond acceptors (Lipinski definition) is 5. The molecule has 0 spiro atoms. The standard InChI is InChI=1S/C25H20ClN3OS2/c26-18-10-11-23-21(13-18)29(20-8-4-5-9-22(20)32-23)24(30)15-31-25-17(14-27)12-16-6-2-1-3-7-19(16)28-25/h4-5,8-13H,1-3,6-7,15H2. The van der Waals surface area contributed by atoms with Gasteiger partial charge in [0.15, 0.2) is 0 Å². The molecule has 0 saturated carbocycles. The van der Waals surface area contributed by atoms with Crippen molar-refractivity contribution in [3.63, 3.8) is 0 Å². The topological polar surface area (TPSA) is 57.0 Å². The zero-order valence-electron chi connectivity index (χ0n) is 17.3. The van der Waals surface area contributed by atoms with Gasteiger partial charge in [0.05, 0.1) is 22.7 Å². The molecule has 4 nitrogen and oxygen atoms in total. The largest absolute Gasteiger partial charge is 0.278 e. The number of pyridine rings is 1. The van der Waals surface area contributed by atoms with Crippen molar-refractivity contribution in [2.45, 2.75) is 46.9 Å². The smallest absolute Gasteiger partial charge is 0.242 e. The summed E-state index contributed by atoms with van der Waals surface area (Å²) in [6.07, 6.45) is 5.35. The van der Waals surface area contributed by atoms with E-state index in [9.17, 15) is 10.1 Å². The lowest BCUT2D eigenvalue weighted by atomic mass is 10.1. The molecule has 1 aromatic heterocycles.